The van der Waals surface area contributed by atoms with Gasteiger partial charge in [0, 0.05) is 32.2 Å². The second-order valence-electron chi connectivity index (χ2n) is 6.48. The molecule has 1 atom stereocenters. The Kier molecular flexibility index (Phi) is 5.91. The monoisotopic (exact) mass is 375 g/mol. The highest BCUT2D eigenvalue weighted by molar-refractivity contribution is 5.94. The van der Waals surface area contributed by atoms with Crippen molar-refractivity contribution < 1.29 is 18.3 Å². The number of hydrogen-bond acceptors (Lipinski definition) is 4. The Hall–Kier alpha value is -2.67. The highest BCUT2D eigenvalue weighted by atomic mass is 19.1. The number of halogens is 2. The maximum Gasteiger partial charge on any atom is 0.241 e. The Morgan fingerprint density at radius 1 is 1.11 bits per heavy atom. The minimum absolute atomic E-state index is 0.139. The molecule has 144 valence electrons. The van der Waals surface area contributed by atoms with Gasteiger partial charge in [-0.1, -0.05) is 12.1 Å². The molecule has 1 fully saturated rings. The lowest BCUT2D eigenvalue weighted by atomic mass is 10.2. The zero-order chi connectivity index (χ0) is 19.4. The number of anilines is 2. The van der Waals surface area contributed by atoms with E-state index in [1.807, 2.05) is 29.2 Å². The average molecular weight is 375 g/mol. The van der Waals surface area contributed by atoms with E-state index in [0.717, 1.165) is 42.7 Å². The van der Waals surface area contributed by atoms with Crippen LogP contribution in [0.2, 0.25) is 0 Å². The number of amides is 1. The fourth-order valence-electron chi connectivity index (χ4n) is 3.24. The summed E-state index contributed by atoms with van der Waals surface area (Å²) in [5.74, 6) is -0.786. The molecule has 1 N–H and O–H groups in total. The van der Waals surface area contributed by atoms with Gasteiger partial charge in [0.05, 0.1) is 24.5 Å². The van der Waals surface area contributed by atoms with Gasteiger partial charge in [-0.25, -0.2) is 8.78 Å². The average Bonchev–Trinajstić information content (AvgIpc) is 2.70. The van der Waals surface area contributed by atoms with Crippen LogP contribution in [-0.2, 0) is 4.79 Å². The Balaban J connectivity index is 1.60. The summed E-state index contributed by atoms with van der Waals surface area (Å²) in [5.41, 5.74) is 0.887. The van der Waals surface area contributed by atoms with Gasteiger partial charge >= 0.3 is 0 Å². The number of methoxy groups -OCH3 is 1. The maximum absolute atomic E-state index is 13.7. The first-order valence-electron chi connectivity index (χ1n) is 8.87. The van der Waals surface area contributed by atoms with E-state index < -0.39 is 17.7 Å². The molecule has 0 bridgehead atoms. The third-order valence-corrected chi connectivity index (χ3v) is 4.85. The molecule has 0 radical (unpaired) electrons. The minimum atomic E-state index is -0.655. The zero-order valence-corrected chi connectivity index (χ0v) is 15.4. The number of piperazine rings is 1. The second-order valence-corrected chi connectivity index (χ2v) is 6.48. The first-order chi connectivity index (χ1) is 13.0. The predicted molar refractivity (Wildman–Crippen MR) is 101 cm³/mol. The largest absolute Gasteiger partial charge is 0.495 e. The topological polar surface area (TPSA) is 44.8 Å². The van der Waals surface area contributed by atoms with Crippen molar-refractivity contribution in [3.05, 3.63) is 54.1 Å². The maximum atomic E-state index is 13.7. The van der Waals surface area contributed by atoms with E-state index in [0.29, 0.717) is 13.1 Å². The smallest absolute Gasteiger partial charge is 0.241 e. The molecule has 0 aliphatic carbocycles. The summed E-state index contributed by atoms with van der Waals surface area (Å²) in [5, 5.41) is 2.48. The second kappa shape index (κ2) is 8.35. The van der Waals surface area contributed by atoms with Crippen molar-refractivity contribution >= 4 is 17.3 Å². The van der Waals surface area contributed by atoms with E-state index in [1.54, 1.807) is 14.0 Å². The number of carbonyl (C=O) groups is 1. The normalized spacial score (nSPS) is 16.1. The highest BCUT2D eigenvalue weighted by Crippen LogP contribution is 2.28. The van der Waals surface area contributed by atoms with Crippen LogP contribution in [0, 0.1) is 11.6 Å². The van der Waals surface area contributed by atoms with Crippen LogP contribution in [0.25, 0.3) is 0 Å². The molecule has 2 aromatic carbocycles. The molecule has 1 saturated heterocycles. The van der Waals surface area contributed by atoms with E-state index in [4.69, 9.17) is 4.74 Å². The summed E-state index contributed by atoms with van der Waals surface area (Å²) in [4.78, 5) is 16.7. The van der Waals surface area contributed by atoms with E-state index >= 15 is 0 Å². The summed E-state index contributed by atoms with van der Waals surface area (Å²) < 4.78 is 32.4. The van der Waals surface area contributed by atoms with Crippen LogP contribution in [0.15, 0.2) is 42.5 Å². The lowest BCUT2D eigenvalue weighted by Gasteiger charge is -2.38. The third kappa shape index (κ3) is 4.36. The number of ether oxygens (including phenoxy) is 1. The molecule has 1 heterocycles. The Labute approximate surface area is 157 Å². The quantitative estimate of drug-likeness (QED) is 0.872. The number of rotatable bonds is 5. The minimum Gasteiger partial charge on any atom is -0.495 e. The number of carbonyl (C=O) groups excluding carboxylic acids is 1. The van der Waals surface area contributed by atoms with Gasteiger partial charge in [-0.2, -0.15) is 0 Å². The zero-order valence-electron chi connectivity index (χ0n) is 15.4. The van der Waals surface area contributed by atoms with Crippen molar-refractivity contribution in [2.75, 3.05) is 43.5 Å². The molecule has 1 aliphatic rings. The first-order valence-corrected chi connectivity index (χ1v) is 8.87. The van der Waals surface area contributed by atoms with Crippen LogP contribution < -0.4 is 15.0 Å². The van der Waals surface area contributed by atoms with Gasteiger partial charge in [0.1, 0.15) is 17.4 Å². The summed E-state index contributed by atoms with van der Waals surface area (Å²) >= 11 is 0. The van der Waals surface area contributed by atoms with E-state index in [9.17, 15) is 13.6 Å². The highest BCUT2D eigenvalue weighted by Gasteiger charge is 2.27. The summed E-state index contributed by atoms with van der Waals surface area (Å²) in [7, 11) is 1.65. The van der Waals surface area contributed by atoms with Crippen LogP contribution in [0.3, 0.4) is 0 Å². The van der Waals surface area contributed by atoms with Crippen molar-refractivity contribution in [2.45, 2.75) is 13.0 Å². The van der Waals surface area contributed by atoms with Crippen LogP contribution >= 0.6 is 0 Å². The van der Waals surface area contributed by atoms with Crippen LogP contribution in [0.4, 0.5) is 20.2 Å². The van der Waals surface area contributed by atoms with E-state index in [1.165, 1.54) is 0 Å². The third-order valence-electron chi connectivity index (χ3n) is 4.85. The van der Waals surface area contributed by atoms with E-state index in [-0.39, 0.29) is 11.6 Å². The van der Waals surface area contributed by atoms with Crippen LogP contribution in [-0.4, -0.2) is 50.1 Å². The first kappa shape index (κ1) is 19.1. The molecule has 27 heavy (non-hydrogen) atoms. The molecular weight excluding hydrogens is 352 g/mol. The number of para-hydroxylation sites is 2. The molecule has 1 unspecified atom stereocenters. The van der Waals surface area contributed by atoms with Gasteiger partial charge in [0.2, 0.25) is 5.91 Å². The van der Waals surface area contributed by atoms with Crippen molar-refractivity contribution in [3.63, 3.8) is 0 Å². The molecule has 1 amide bonds. The molecule has 3 rings (SSSR count). The van der Waals surface area contributed by atoms with Crippen LogP contribution in [0.1, 0.15) is 6.92 Å². The standard InChI is InChI=1S/C20H23F2N3O2/c1-14(20(26)23-17-13-15(21)7-8-16(17)22)24-9-11-25(12-10-24)18-5-3-4-6-19(18)27-2/h3-8,13-14H,9-12H2,1-2H3,(H,23,26). The fourth-order valence-corrected chi connectivity index (χ4v) is 3.24. The van der Waals surface area contributed by atoms with Crippen LogP contribution in [0.5, 0.6) is 5.75 Å². The van der Waals surface area contributed by atoms with Gasteiger partial charge in [-0.3, -0.25) is 9.69 Å². The molecule has 0 saturated carbocycles. The summed E-state index contributed by atoms with van der Waals surface area (Å²) in [6, 6.07) is 10.4. The van der Waals surface area contributed by atoms with Crippen molar-refractivity contribution in [1.29, 1.82) is 0 Å². The summed E-state index contributed by atoms with van der Waals surface area (Å²) in [6.07, 6.45) is 0. The van der Waals surface area contributed by atoms with Gasteiger partial charge in [-0.15, -0.1) is 0 Å². The van der Waals surface area contributed by atoms with Crippen molar-refractivity contribution in [1.82, 2.24) is 4.90 Å². The Morgan fingerprint density at radius 3 is 2.52 bits per heavy atom. The molecular formula is C20H23F2N3O2. The summed E-state index contributed by atoms with van der Waals surface area (Å²) in [6.45, 7) is 4.61. The molecule has 5 nitrogen and oxygen atoms in total. The number of nitrogens with zero attached hydrogens (tertiary/aromatic N) is 2. The molecule has 1 aliphatic heterocycles. The SMILES string of the molecule is COc1ccccc1N1CCN(C(C)C(=O)Nc2cc(F)ccc2F)CC1. The van der Waals surface area contributed by atoms with Gasteiger partial charge in [0.15, 0.2) is 0 Å². The van der Waals surface area contributed by atoms with Gasteiger partial charge in [-0.05, 0) is 31.2 Å². The van der Waals surface area contributed by atoms with Gasteiger partial charge < -0.3 is 15.0 Å². The van der Waals surface area contributed by atoms with E-state index in [2.05, 4.69) is 10.2 Å². The van der Waals surface area contributed by atoms with Crippen molar-refractivity contribution in [2.24, 2.45) is 0 Å². The molecule has 2 aromatic rings. The fraction of sp³-hybridized carbons (Fsp3) is 0.350. The Bertz CT molecular complexity index is 808. The Morgan fingerprint density at radius 2 is 1.81 bits per heavy atom. The lowest BCUT2D eigenvalue weighted by Crippen LogP contribution is -2.53. The molecule has 7 heteroatoms. The number of hydrogen-bond donors (Lipinski definition) is 1. The molecule has 0 spiro atoms. The predicted octanol–water partition coefficient (Wildman–Crippen LogP) is 3.12. The number of nitrogens with one attached hydrogen (secondary N) is 1. The molecule has 0 aromatic heterocycles. The van der Waals surface area contributed by atoms with Crippen molar-refractivity contribution in [3.8, 4) is 5.75 Å². The lowest BCUT2D eigenvalue weighted by molar-refractivity contribution is -0.120. The van der Waals surface area contributed by atoms with Gasteiger partial charge in [0.25, 0.3) is 0 Å². The number of benzene rings is 2.